The summed E-state index contributed by atoms with van der Waals surface area (Å²) in [7, 11) is 0. The standard InChI is InChI=1S/C26H23FN4O3/c27-20-7-9-21(10-8-20)31-25(33)22-11-6-19(24(32)28-17-18-4-2-1-3-5-18)16-23(22)29-26(31)30-12-14-34-15-13-30/h1-11,16H,12-15,17H2,(H,28,32). The number of rotatable bonds is 5. The number of amides is 1. The van der Waals surface area contributed by atoms with Crippen molar-refractivity contribution in [2.75, 3.05) is 31.2 Å². The van der Waals surface area contributed by atoms with E-state index in [1.54, 1.807) is 30.3 Å². The first-order valence-electron chi connectivity index (χ1n) is 11.1. The number of benzene rings is 3. The second kappa shape index (κ2) is 9.44. The Morgan fingerprint density at radius 2 is 1.74 bits per heavy atom. The van der Waals surface area contributed by atoms with Gasteiger partial charge in [0.25, 0.3) is 11.5 Å². The lowest BCUT2D eigenvalue weighted by Gasteiger charge is -2.30. The summed E-state index contributed by atoms with van der Waals surface area (Å²) in [6.45, 7) is 2.56. The summed E-state index contributed by atoms with van der Waals surface area (Å²) < 4.78 is 20.5. The van der Waals surface area contributed by atoms with E-state index < -0.39 is 0 Å². The van der Waals surface area contributed by atoms with Gasteiger partial charge >= 0.3 is 0 Å². The second-order valence-corrected chi connectivity index (χ2v) is 8.03. The maximum Gasteiger partial charge on any atom is 0.267 e. The molecule has 7 nitrogen and oxygen atoms in total. The van der Waals surface area contributed by atoms with E-state index in [2.05, 4.69) is 5.32 Å². The number of morpholine rings is 1. The van der Waals surface area contributed by atoms with Crippen LogP contribution in [-0.2, 0) is 11.3 Å². The van der Waals surface area contributed by atoms with E-state index in [1.807, 2.05) is 35.2 Å². The van der Waals surface area contributed by atoms with Crippen molar-refractivity contribution in [2.24, 2.45) is 0 Å². The van der Waals surface area contributed by atoms with Crippen LogP contribution in [0.25, 0.3) is 16.6 Å². The topological polar surface area (TPSA) is 76.5 Å². The van der Waals surface area contributed by atoms with Gasteiger partial charge in [-0.15, -0.1) is 0 Å². The highest BCUT2D eigenvalue weighted by Gasteiger charge is 2.21. The van der Waals surface area contributed by atoms with Crippen LogP contribution in [0.2, 0.25) is 0 Å². The molecule has 0 aliphatic carbocycles. The molecule has 1 aliphatic rings. The summed E-state index contributed by atoms with van der Waals surface area (Å²) in [4.78, 5) is 33.1. The molecule has 5 rings (SSSR count). The van der Waals surface area contributed by atoms with Crippen LogP contribution in [0.1, 0.15) is 15.9 Å². The molecule has 8 heteroatoms. The Balaban J connectivity index is 1.55. The van der Waals surface area contributed by atoms with Gasteiger partial charge in [-0.05, 0) is 48.0 Å². The fraction of sp³-hybridized carbons (Fsp3) is 0.192. The van der Waals surface area contributed by atoms with Gasteiger partial charge < -0.3 is 15.0 Å². The molecule has 1 amide bonds. The molecule has 0 atom stereocenters. The smallest absolute Gasteiger partial charge is 0.267 e. The van der Waals surface area contributed by atoms with Crippen LogP contribution in [0, 0.1) is 5.82 Å². The lowest BCUT2D eigenvalue weighted by molar-refractivity contribution is 0.0951. The van der Waals surface area contributed by atoms with Gasteiger partial charge in [0.15, 0.2) is 0 Å². The van der Waals surface area contributed by atoms with E-state index in [-0.39, 0.29) is 17.3 Å². The molecule has 1 aromatic heterocycles. The summed E-state index contributed by atoms with van der Waals surface area (Å²) in [6, 6.07) is 20.2. The van der Waals surface area contributed by atoms with Gasteiger partial charge in [0.1, 0.15) is 5.82 Å². The number of nitrogens with one attached hydrogen (secondary N) is 1. The van der Waals surface area contributed by atoms with Crippen molar-refractivity contribution in [3.8, 4) is 5.69 Å². The lowest BCUT2D eigenvalue weighted by Crippen LogP contribution is -2.40. The number of hydrogen-bond acceptors (Lipinski definition) is 5. The molecule has 0 saturated carbocycles. The summed E-state index contributed by atoms with van der Waals surface area (Å²) in [5, 5.41) is 3.28. The number of halogens is 1. The third kappa shape index (κ3) is 4.40. The molecule has 4 aromatic rings. The lowest BCUT2D eigenvalue weighted by atomic mass is 10.1. The SMILES string of the molecule is O=C(NCc1ccccc1)c1ccc2c(=O)n(-c3ccc(F)cc3)c(N3CCOCC3)nc2c1. The molecule has 0 radical (unpaired) electrons. The molecule has 0 unspecified atom stereocenters. The monoisotopic (exact) mass is 458 g/mol. The number of ether oxygens (including phenoxy) is 1. The minimum absolute atomic E-state index is 0.247. The Morgan fingerprint density at radius 3 is 2.47 bits per heavy atom. The Labute approximate surface area is 195 Å². The highest BCUT2D eigenvalue weighted by Crippen LogP contribution is 2.21. The van der Waals surface area contributed by atoms with Crippen LogP contribution in [0.4, 0.5) is 10.3 Å². The number of fused-ring (bicyclic) bond motifs is 1. The molecule has 1 aliphatic heterocycles. The summed E-state index contributed by atoms with van der Waals surface area (Å²) in [6.07, 6.45) is 0. The number of aromatic nitrogens is 2. The maximum absolute atomic E-state index is 13.5. The van der Waals surface area contributed by atoms with Gasteiger partial charge in [-0.1, -0.05) is 30.3 Å². The molecule has 34 heavy (non-hydrogen) atoms. The van der Waals surface area contributed by atoms with E-state index in [1.165, 1.54) is 16.7 Å². The summed E-state index contributed by atoms with van der Waals surface area (Å²) in [5.41, 5.74) is 2.08. The van der Waals surface area contributed by atoms with E-state index >= 15 is 0 Å². The first kappa shape index (κ1) is 21.8. The molecule has 3 aromatic carbocycles. The van der Waals surface area contributed by atoms with Gasteiger partial charge in [0.2, 0.25) is 5.95 Å². The van der Waals surface area contributed by atoms with Crippen molar-refractivity contribution in [1.82, 2.24) is 14.9 Å². The first-order valence-corrected chi connectivity index (χ1v) is 11.1. The molecule has 172 valence electrons. The minimum Gasteiger partial charge on any atom is -0.378 e. The third-order valence-corrected chi connectivity index (χ3v) is 5.79. The molecule has 1 fully saturated rings. The van der Waals surface area contributed by atoms with Crippen LogP contribution in [0.15, 0.2) is 77.6 Å². The Bertz CT molecular complexity index is 1380. The number of hydrogen-bond donors (Lipinski definition) is 1. The molecular formula is C26H23FN4O3. The average molecular weight is 458 g/mol. The molecule has 2 heterocycles. The van der Waals surface area contributed by atoms with Crippen LogP contribution in [0.3, 0.4) is 0 Å². The van der Waals surface area contributed by atoms with Gasteiger partial charge in [0, 0.05) is 25.2 Å². The van der Waals surface area contributed by atoms with Crippen molar-refractivity contribution < 1.29 is 13.9 Å². The zero-order chi connectivity index (χ0) is 23.5. The zero-order valence-corrected chi connectivity index (χ0v) is 18.4. The largest absolute Gasteiger partial charge is 0.378 e. The fourth-order valence-corrected chi connectivity index (χ4v) is 3.99. The molecule has 1 saturated heterocycles. The Morgan fingerprint density at radius 1 is 1.00 bits per heavy atom. The van der Waals surface area contributed by atoms with E-state index in [9.17, 15) is 14.0 Å². The summed E-state index contributed by atoms with van der Waals surface area (Å²) >= 11 is 0. The van der Waals surface area contributed by atoms with Crippen LogP contribution in [-0.4, -0.2) is 41.8 Å². The van der Waals surface area contributed by atoms with Crippen LogP contribution >= 0.6 is 0 Å². The highest BCUT2D eigenvalue weighted by atomic mass is 19.1. The van der Waals surface area contributed by atoms with E-state index in [0.29, 0.717) is 61.0 Å². The van der Waals surface area contributed by atoms with Crippen LogP contribution in [0.5, 0.6) is 0 Å². The maximum atomic E-state index is 13.5. The second-order valence-electron chi connectivity index (χ2n) is 8.03. The number of anilines is 1. The van der Waals surface area contributed by atoms with E-state index in [0.717, 1.165) is 5.56 Å². The summed E-state index contributed by atoms with van der Waals surface area (Å²) in [5.74, 6) is -0.193. The molecular weight excluding hydrogens is 435 g/mol. The van der Waals surface area contributed by atoms with Crippen LogP contribution < -0.4 is 15.8 Å². The molecule has 1 N–H and O–H groups in total. The molecule has 0 bridgehead atoms. The van der Waals surface area contributed by atoms with Crippen molar-refractivity contribution in [3.63, 3.8) is 0 Å². The van der Waals surface area contributed by atoms with Gasteiger partial charge in [-0.3, -0.25) is 9.59 Å². The van der Waals surface area contributed by atoms with Gasteiger partial charge in [-0.25, -0.2) is 13.9 Å². The third-order valence-electron chi connectivity index (χ3n) is 5.79. The average Bonchev–Trinajstić information content (AvgIpc) is 2.89. The predicted octanol–water partition coefficient (Wildman–Crippen LogP) is 3.29. The number of nitrogens with zero attached hydrogens (tertiary/aromatic N) is 3. The van der Waals surface area contributed by atoms with Crippen molar-refractivity contribution in [1.29, 1.82) is 0 Å². The number of carbonyl (C=O) groups excluding carboxylic acids is 1. The quantitative estimate of drug-likeness (QED) is 0.497. The zero-order valence-electron chi connectivity index (χ0n) is 18.4. The highest BCUT2D eigenvalue weighted by molar-refractivity contribution is 5.97. The van der Waals surface area contributed by atoms with Crippen molar-refractivity contribution in [2.45, 2.75) is 6.54 Å². The number of carbonyl (C=O) groups is 1. The first-order chi connectivity index (χ1) is 16.6. The van der Waals surface area contributed by atoms with Gasteiger partial charge in [-0.2, -0.15) is 0 Å². The normalized spacial score (nSPS) is 13.7. The Kier molecular flexibility index (Phi) is 6.05. The van der Waals surface area contributed by atoms with E-state index in [4.69, 9.17) is 9.72 Å². The molecule has 0 spiro atoms. The van der Waals surface area contributed by atoms with Crippen molar-refractivity contribution in [3.05, 3.63) is 100 Å². The fourth-order valence-electron chi connectivity index (χ4n) is 3.99. The minimum atomic E-state index is -0.385. The predicted molar refractivity (Wildman–Crippen MR) is 128 cm³/mol. The van der Waals surface area contributed by atoms with Gasteiger partial charge in [0.05, 0.1) is 29.8 Å². The van der Waals surface area contributed by atoms with Crippen molar-refractivity contribution >= 4 is 22.8 Å². The Hall–Kier alpha value is -4.04.